The van der Waals surface area contributed by atoms with Gasteiger partial charge in [0.05, 0.1) is 47.8 Å². The van der Waals surface area contributed by atoms with Gasteiger partial charge < -0.3 is 97.4 Å². The first-order chi connectivity index (χ1) is 27.5. The number of anilines is 1. The van der Waals surface area contributed by atoms with Gasteiger partial charge in [0.2, 0.25) is 5.43 Å². The van der Waals surface area contributed by atoms with Gasteiger partial charge in [-0.25, -0.2) is 9.18 Å². The smallest absolute Gasteiger partial charge is 0.341 e. The zero-order valence-electron chi connectivity index (χ0n) is 32.3. The number of rotatable bonds is 8. The predicted molar refractivity (Wildman–Crippen MR) is 203 cm³/mol. The largest absolute Gasteiger partial charge is 0.487 e. The van der Waals surface area contributed by atoms with Gasteiger partial charge in [-0.2, -0.15) is 0 Å². The van der Waals surface area contributed by atoms with Crippen molar-refractivity contribution in [1.29, 1.82) is 0 Å². The number of aromatic nitrogens is 1. The second kappa shape index (κ2) is 18.2. The number of pyridine rings is 1. The Balaban J connectivity index is 0.000000199. The fourth-order valence-corrected chi connectivity index (χ4v) is 8.12. The summed E-state index contributed by atoms with van der Waals surface area (Å²) < 4.78 is 45.3. The molecular weight excluding hydrogens is 771 g/mol. The number of carboxylic acids is 1. The van der Waals surface area contributed by atoms with Crippen molar-refractivity contribution < 1.29 is 63.5 Å². The number of aliphatic hydroxyl groups is 5. The van der Waals surface area contributed by atoms with Crippen LogP contribution in [0.15, 0.2) is 17.1 Å². The van der Waals surface area contributed by atoms with E-state index in [0.29, 0.717) is 30.0 Å². The normalized spacial score (nSPS) is 38.2. The van der Waals surface area contributed by atoms with E-state index in [-0.39, 0.29) is 43.0 Å². The number of nitrogens with zero attached hydrogens (tertiary/aromatic N) is 3. The number of halogens is 1. The molecule has 4 fully saturated rings. The SMILES string of the molecule is C[C@H]1COc2c(N3CCN(C)CC3)c(F)cc3c(=O)c(C(=O)O)cn1c23.NC[C@H]1O[C@H](O[C@H]2[C@H](O)[C@@H](O[C@H]3O[C@H](CO)[C@@H](O)[C@H](N)[C@H]3O)[C@H](N)C[C@@H]2N)[C@H](N)C[C@@H]1O. The van der Waals surface area contributed by atoms with Crippen LogP contribution in [0.5, 0.6) is 5.75 Å². The zero-order valence-corrected chi connectivity index (χ0v) is 32.3. The van der Waals surface area contributed by atoms with Crippen molar-refractivity contribution in [2.24, 2.45) is 28.7 Å². The summed E-state index contributed by atoms with van der Waals surface area (Å²) in [5.74, 6) is -1.54. The third-order valence-electron chi connectivity index (χ3n) is 11.6. The fraction of sp³-hybridized carbons (Fsp3) is 0.722. The summed E-state index contributed by atoms with van der Waals surface area (Å²) in [6, 6.07) is -2.27. The van der Waals surface area contributed by atoms with Crippen LogP contribution in [0.1, 0.15) is 36.2 Å². The molecule has 326 valence electrons. The average Bonchev–Trinajstić information content (AvgIpc) is 3.18. The summed E-state index contributed by atoms with van der Waals surface area (Å²) in [4.78, 5) is 28.1. The first-order valence-corrected chi connectivity index (χ1v) is 19.4. The van der Waals surface area contributed by atoms with Gasteiger partial charge >= 0.3 is 5.97 Å². The molecule has 58 heavy (non-hydrogen) atoms. The molecule has 1 aliphatic carbocycles. The maximum atomic E-state index is 15.0. The number of hydrogen-bond donors (Lipinski definition) is 11. The van der Waals surface area contributed by atoms with Crippen molar-refractivity contribution in [2.45, 2.75) is 111 Å². The minimum absolute atomic E-state index is 0.0434. The number of benzene rings is 1. The van der Waals surface area contributed by atoms with Crippen LogP contribution in [0.3, 0.4) is 0 Å². The molecule has 21 nitrogen and oxygen atoms in total. The highest BCUT2D eigenvalue weighted by atomic mass is 19.1. The molecule has 3 saturated heterocycles. The molecule has 7 rings (SSSR count). The Morgan fingerprint density at radius 1 is 0.914 bits per heavy atom. The molecule has 0 spiro atoms. The van der Waals surface area contributed by atoms with Crippen LogP contribution in [0, 0.1) is 5.82 Å². The van der Waals surface area contributed by atoms with Crippen molar-refractivity contribution in [3.8, 4) is 5.75 Å². The van der Waals surface area contributed by atoms with Gasteiger partial charge in [0.1, 0.15) is 54.5 Å². The highest BCUT2D eigenvalue weighted by Gasteiger charge is 2.50. The Morgan fingerprint density at radius 2 is 1.53 bits per heavy atom. The van der Waals surface area contributed by atoms with Crippen LogP contribution in [-0.2, 0) is 18.9 Å². The van der Waals surface area contributed by atoms with E-state index in [1.54, 1.807) is 4.57 Å². The highest BCUT2D eigenvalue weighted by molar-refractivity contribution is 5.97. The lowest BCUT2D eigenvalue weighted by Gasteiger charge is -2.47. The van der Waals surface area contributed by atoms with Crippen LogP contribution in [0.2, 0.25) is 0 Å². The maximum Gasteiger partial charge on any atom is 0.341 e. The number of aromatic carboxylic acids is 1. The number of carbonyl (C=O) groups is 1. The lowest BCUT2D eigenvalue weighted by atomic mass is 9.84. The van der Waals surface area contributed by atoms with E-state index < -0.39 is 109 Å². The first-order valence-electron chi connectivity index (χ1n) is 19.4. The number of carboxylic acid groups (broad SMARTS) is 1. The molecule has 2 aromatic rings. The topological polar surface area (TPSA) is 343 Å². The molecule has 0 amide bonds. The Bertz CT molecular complexity index is 1820. The summed E-state index contributed by atoms with van der Waals surface area (Å²) in [5.41, 5.74) is 29.5. The molecule has 15 atom stereocenters. The Hall–Kier alpha value is -3.17. The van der Waals surface area contributed by atoms with Crippen LogP contribution >= 0.6 is 0 Å². The Morgan fingerprint density at radius 3 is 2.14 bits per heavy atom. The number of likely N-dealkylation sites (N-methyl/N-ethyl adjacent to an activating group) is 1. The molecule has 5 heterocycles. The van der Waals surface area contributed by atoms with Crippen molar-refractivity contribution in [3.05, 3.63) is 33.9 Å². The summed E-state index contributed by atoms with van der Waals surface area (Å²) in [5, 5.41) is 60.1. The van der Waals surface area contributed by atoms with Crippen molar-refractivity contribution in [2.75, 3.05) is 57.9 Å². The van der Waals surface area contributed by atoms with E-state index in [2.05, 4.69) is 4.90 Å². The maximum absolute atomic E-state index is 15.0. The van der Waals surface area contributed by atoms with Gasteiger partial charge in [-0.05, 0) is 32.9 Å². The predicted octanol–water partition coefficient (Wildman–Crippen LogP) is -4.75. The van der Waals surface area contributed by atoms with Crippen molar-refractivity contribution in [1.82, 2.24) is 9.47 Å². The van der Waals surface area contributed by atoms with E-state index in [1.807, 2.05) is 18.9 Å². The molecule has 0 bridgehead atoms. The molecule has 22 heteroatoms. The number of piperazine rings is 1. The average molecular weight is 829 g/mol. The van der Waals surface area contributed by atoms with Gasteiger partial charge in [0, 0.05) is 51.0 Å². The highest BCUT2D eigenvalue weighted by Crippen LogP contribution is 2.42. The number of aliphatic hydroxyl groups excluding tert-OH is 5. The molecule has 4 aliphatic heterocycles. The lowest BCUT2D eigenvalue weighted by Crippen LogP contribution is -2.68. The third-order valence-corrected chi connectivity index (χ3v) is 11.6. The second-order valence-electron chi connectivity index (χ2n) is 15.8. The third kappa shape index (κ3) is 8.69. The fourth-order valence-electron chi connectivity index (χ4n) is 8.12. The van der Waals surface area contributed by atoms with E-state index in [0.717, 1.165) is 19.2 Å². The van der Waals surface area contributed by atoms with Crippen LogP contribution in [0.25, 0.3) is 10.9 Å². The minimum Gasteiger partial charge on any atom is -0.487 e. The molecule has 5 aliphatic rings. The van der Waals surface area contributed by atoms with E-state index >= 15 is 0 Å². The summed E-state index contributed by atoms with van der Waals surface area (Å²) in [7, 11) is 2.02. The molecule has 1 aromatic heterocycles. The number of nitrogens with two attached hydrogens (primary N) is 5. The molecular formula is C36H57FN8O13. The van der Waals surface area contributed by atoms with Crippen LogP contribution < -0.4 is 43.7 Å². The van der Waals surface area contributed by atoms with Gasteiger partial charge in [0.15, 0.2) is 24.1 Å². The quantitative estimate of drug-likeness (QED) is 0.119. The molecule has 0 unspecified atom stereocenters. The Kier molecular flexibility index (Phi) is 13.9. The second-order valence-corrected chi connectivity index (χ2v) is 15.8. The zero-order chi connectivity index (χ0) is 42.3. The molecule has 0 radical (unpaired) electrons. The van der Waals surface area contributed by atoms with Crippen LogP contribution in [-0.4, -0.2) is 185 Å². The minimum atomic E-state index is -1.44. The van der Waals surface area contributed by atoms with Gasteiger partial charge in [-0.1, -0.05) is 0 Å². The first kappa shape index (κ1) is 44.4. The van der Waals surface area contributed by atoms with E-state index in [1.165, 1.54) is 6.20 Å². The van der Waals surface area contributed by atoms with Gasteiger partial charge in [-0.15, -0.1) is 0 Å². The van der Waals surface area contributed by atoms with Gasteiger partial charge in [-0.3, -0.25) is 4.79 Å². The van der Waals surface area contributed by atoms with Gasteiger partial charge in [0.25, 0.3) is 0 Å². The summed E-state index contributed by atoms with van der Waals surface area (Å²) in [6.07, 6.45) is -9.42. The monoisotopic (exact) mass is 828 g/mol. The van der Waals surface area contributed by atoms with Crippen LogP contribution in [0.4, 0.5) is 10.1 Å². The van der Waals surface area contributed by atoms with Crippen molar-refractivity contribution in [3.63, 3.8) is 0 Å². The summed E-state index contributed by atoms with van der Waals surface area (Å²) >= 11 is 0. The molecule has 1 aromatic carbocycles. The van der Waals surface area contributed by atoms with E-state index in [9.17, 15) is 44.6 Å². The standard InChI is InChI=1S/C18H20FN3O4.C18H37N5O9/c1-10-9-26-17-14-11(16(23)12(18(24)25)8-22(10)14)7-13(19)15(17)21-5-3-20(2)4-6-21;19-3-9-8(25)2-7(22)17(29-9)31-15-5(20)1-6(21)16(14(15)28)32-18-13(27)11(23)12(26)10(4-24)30-18/h7-8,10H,3-6,9H2,1-2H3,(H,24,25);5-18,24-28H,1-4,19-23H2/t10-;5-,6+,7+,8-,9+,10+,11-,12+,13+,14-,15+,16-,17+,18+/m00/s1. The molecule has 1 saturated carbocycles. The summed E-state index contributed by atoms with van der Waals surface area (Å²) in [6.45, 7) is 4.58. The van der Waals surface area contributed by atoms with Crippen molar-refractivity contribution >= 4 is 22.6 Å². The Labute approximate surface area is 332 Å². The number of ether oxygens (including phenoxy) is 5. The molecule has 16 N–H and O–H groups in total. The van der Waals surface area contributed by atoms with E-state index in [4.69, 9.17) is 52.4 Å². The number of hydrogen-bond acceptors (Lipinski definition) is 19. The lowest BCUT2D eigenvalue weighted by molar-refractivity contribution is -0.314.